The van der Waals surface area contributed by atoms with Crippen molar-refractivity contribution in [2.45, 2.75) is 79.4 Å². The fourth-order valence-electron chi connectivity index (χ4n) is 3.46. The van der Waals surface area contributed by atoms with Gasteiger partial charge in [-0.1, -0.05) is 27.2 Å². The van der Waals surface area contributed by atoms with Gasteiger partial charge in [0.1, 0.15) is 0 Å². The van der Waals surface area contributed by atoms with Gasteiger partial charge in [-0.3, -0.25) is 4.68 Å². The molecule has 20 heavy (non-hydrogen) atoms. The highest BCUT2D eigenvalue weighted by atomic mass is 16.3. The molecule has 0 aromatic carbocycles. The summed E-state index contributed by atoms with van der Waals surface area (Å²) in [5.74, 6) is 0.671. The van der Waals surface area contributed by atoms with E-state index in [0.29, 0.717) is 11.3 Å². The summed E-state index contributed by atoms with van der Waals surface area (Å²) in [4.78, 5) is 0. The van der Waals surface area contributed by atoms with Crippen molar-refractivity contribution in [3.8, 4) is 0 Å². The molecule has 1 aliphatic rings. The summed E-state index contributed by atoms with van der Waals surface area (Å²) in [6, 6.07) is 0.145. The van der Waals surface area contributed by atoms with Gasteiger partial charge in [-0.2, -0.15) is 5.10 Å². The first-order chi connectivity index (χ1) is 9.27. The standard InChI is InChI=1S/C17H30N2O/c1-7-17(5,6)14-8-9-16(20)15(10-14)19-13(4)11(2)12(3)18-19/h14-16,20H,7-10H2,1-6H3. The SMILES string of the molecule is CCC(C)(C)C1CCC(O)C(n2nc(C)c(C)c2C)C1. The number of aliphatic hydroxyl groups is 1. The van der Waals surface area contributed by atoms with Gasteiger partial charge in [0.2, 0.25) is 0 Å². The lowest BCUT2D eigenvalue weighted by molar-refractivity contribution is 0.0139. The van der Waals surface area contributed by atoms with Gasteiger partial charge in [-0.25, -0.2) is 0 Å². The minimum Gasteiger partial charge on any atom is -0.391 e. The minimum absolute atomic E-state index is 0.145. The van der Waals surface area contributed by atoms with Gasteiger partial charge in [0.25, 0.3) is 0 Å². The molecule has 0 spiro atoms. The van der Waals surface area contributed by atoms with Crippen molar-refractivity contribution in [2.75, 3.05) is 0 Å². The zero-order valence-corrected chi connectivity index (χ0v) is 13.9. The predicted molar refractivity (Wildman–Crippen MR) is 82.9 cm³/mol. The van der Waals surface area contributed by atoms with E-state index < -0.39 is 0 Å². The maximum atomic E-state index is 10.4. The van der Waals surface area contributed by atoms with E-state index >= 15 is 0 Å². The molecule has 1 aromatic heterocycles. The van der Waals surface area contributed by atoms with E-state index in [4.69, 9.17) is 0 Å². The van der Waals surface area contributed by atoms with Crippen LogP contribution in [0.3, 0.4) is 0 Å². The molecule has 0 saturated heterocycles. The van der Waals surface area contributed by atoms with Crippen LogP contribution in [0, 0.1) is 32.1 Å². The van der Waals surface area contributed by atoms with Crippen LogP contribution in [0.5, 0.6) is 0 Å². The molecule has 1 aliphatic carbocycles. The number of aryl methyl sites for hydroxylation is 1. The van der Waals surface area contributed by atoms with E-state index in [0.717, 1.165) is 25.0 Å². The second-order valence-electron chi connectivity index (χ2n) is 7.23. The van der Waals surface area contributed by atoms with Crippen LogP contribution in [-0.2, 0) is 0 Å². The molecule has 1 saturated carbocycles. The molecular formula is C17H30N2O. The lowest BCUT2D eigenvalue weighted by atomic mass is 9.68. The molecule has 0 aliphatic heterocycles. The van der Waals surface area contributed by atoms with Crippen molar-refractivity contribution in [1.82, 2.24) is 9.78 Å². The third-order valence-electron chi connectivity index (χ3n) is 5.80. The Morgan fingerprint density at radius 1 is 1.25 bits per heavy atom. The molecule has 1 N–H and O–H groups in total. The van der Waals surface area contributed by atoms with E-state index in [1.807, 2.05) is 0 Å². The Labute approximate surface area is 123 Å². The molecule has 114 valence electrons. The summed E-state index contributed by atoms with van der Waals surface area (Å²) in [6.07, 6.45) is 4.02. The zero-order valence-electron chi connectivity index (χ0n) is 13.9. The Kier molecular flexibility index (Phi) is 4.29. The summed E-state index contributed by atoms with van der Waals surface area (Å²) in [5.41, 5.74) is 3.91. The van der Waals surface area contributed by atoms with E-state index in [9.17, 15) is 5.11 Å². The molecule has 2 rings (SSSR count). The van der Waals surface area contributed by atoms with Gasteiger partial charge in [0, 0.05) is 5.69 Å². The molecule has 0 amide bonds. The molecule has 1 heterocycles. The number of nitrogens with zero attached hydrogens (tertiary/aromatic N) is 2. The van der Waals surface area contributed by atoms with Gasteiger partial charge in [-0.05, 0) is 56.9 Å². The average Bonchev–Trinajstić information content (AvgIpc) is 2.67. The zero-order chi connectivity index (χ0) is 15.1. The quantitative estimate of drug-likeness (QED) is 0.909. The second kappa shape index (κ2) is 5.51. The summed E-state index contributed by atoms with van der Waals surface area (Å²) in [7, 11) is 0. The lowest BCUT2D eigenvalue weighted by Crippen LogP contribution is -2.37. The van der Waals surface area contributed by atoms with E-state index in [1.165, 1.54) is 17.7 Å². The van der Waals surface area contributed by atoms with Crippen LogP contribution < -0.4 is 0 Å². The monoisotopic (exact) mass is 278 g/mol. The average molecular weight is 278 g/mol. The number of aliphatic hydroxyl groups excluding tert-OH is 1. The van der Waals surface area contributed by atoms with Gasteiger partial charge in [0.05, 0.1) is 17.8 Å². The van der Waals surface area contributed by atoms with Gasteiger partial charge < -0.3 is 5.11 Å². The van der Waals surface area contributed by atoms with Crippen molar-refractivity contribution in [2.24, 2.45) is 11.3 Å². The first kappa shape index (κ1) is 15.6. The summed E-state index contributed by atoms with van der Waals surface area (Å²) < 4.78 is 2.09. The molecule has 3 heteroatoms. The van der Waals surface area contributed by atoms with E-state index in [1.54, 1.807) is 0 Å². The highest BCUT2D eigenvalue weighted by Gasteiger charge is 2.38. The number of aromatic nitrogens is 2. The van der Waals surface area contributed by atoms with E-state index in [2.05, 4.69) is 51.3 Å². The maximum absolute atomic E-state index is 10.4. The number of hydrogen-bond donors (Lipinski definition) is 1. The molecule has 3 atom stereocenters. The van der Waals surface area contributed by atoms with Crippen LogP contribution in [-0.4, -0.2) is 21.0 Å². The third kappa shape index (κ3) is 2.65. The van der Waals surface area contributed by atoms with Crippen LogP contribution in [0.1, 0.15) is 69.4 Å². The summed E-state index contributed by atoms with van der Waals surface area (Å²) in [6.45, 7) is 13.3. The van der Waals surface area contributed by atoms with Crippen molar-refractivity contribution in [3.05, 3.63) is 17.0 Å². The van der Waals surface area contributed by atoms with Crippen molar-refractivity contribution in [1.29, 1.82) is 0 Å². The van der Waals surface area contributed by atoms with Gasteiger partial charge >= 0.3 is 0 Å². The largest absolute Gasteiger partial charge is 0.391 e. The van der Waals surface area contributed by atoms with Crippen LogP contribution in [0.25, 0.3) is 0 Å². The van der Waals surface area contributed by atoms with Crippen LogP contribution in [0.2, 0.25) is 0 Å². The molecule has 0 bridgehead atoms. The first-order valence-corrected chi connectivity index (χ1v) is 7.98. The molecular weight excluding hydrogens is 248 g/mol. The Morgan fingerprint density at radius 2 is 1.90 bits per heavy atom. The molecule has 3 nitrogen and oxygen atoms in total. The van der Waals surface area contributed by atoms with Crippen molar-refractivity contribution < 1.29 is 5.11 Å². The fraction of sp³-hybridized carbons (Fsp3) is 0.824. The normalized spacial score (nSPS) is 27.9. The molecule has 1 fully saturated rings. The Morgan fingerprint density at radius 3 is 2.40 bits per heavy atom. The second-order valence-corrected chi connectivity index (χ2v) is 7.23. The Balaban J connectivity index is 2.27. The summed E-state index contributed by atoms with van der Waals surface area (Å²) in [5, 5.41) is 15.1. The number of rotatable bonds is 3. The Hall–Kier alpha value is -0.830. The highest BCUT2D eigenvalue weighted by molar-refractivity contribution is 5.23. The van der Waals surface area contributed by atoms with Crippen molar-refractivity contribution in [3.63, 3.8) is 0 Å². The fourth-order valence-corrected chi connectivity index (χ4v) is 3.46. The first-order valence-electron chi connectivity index (χ1n) is 7.98. The van der Waals surface area contributed by atoms with Crippen LogP contribution in [0.4, 0.5) is 0 Å². The molecule has 0 radical (unpaired) electrons. The van der Waals surface area contributed by atoms with Gasteiger partial charge in [-0.15, -0.1) is 0 Å². The molecule has 1 aromatic rings. The third-order valence-corrected chi connectivity index (χ3v) is 5.80. The van der Waals surface area contributed by atoms with Gasteiger partial charge in [0.15, 0.2) is 0 Å². The lowest BCUT2D eigenvalue weighted by Gasteiger charge is -2.42. The Bertz CT molecular complexity index is 476. The minimum atomic E-state index is -0.253. The predicted octanol–water partition coefficient (Wildman–Crippen LogP) is 3.95. The van der Waals surface area contributed by atoms with Crippen LogP contribution in [0.15, 0.2) is 0 Å². The highest BCUT2D eigenvalue weighted by Crippen LogP contribution is 2.44. The smallest absolute Gasteiger partial charge is 0.0784 e. The topological polar surface area (TPSA) is 38.0 Å². The van der Waals surface area contributed by atoms with Crippen LogP contribution >= 0.6 is 0 Å². The van der Waals surface area contributed by atoms with E-state index in [-0.39, 0.29) is 12.1 Å². The number of hydrogen-bond acceptors (Lipinski definition) is 2. The molecule has 3 unspecified atom stereocenters. The summed E-state index contributed by atoms with van der Waals surface area (Å²) >= 11 is 0. The maximum Gasteiger partial charge on any atom is 0.0784 e. The van der Waals surface area contributed by atoms with Crippen molar-refractivity contribution >= 4 is 0 Å².